The maximum absolute atomic E-state index is 8.94. The van der Waals surface area contributed by atoms with E-state index in [2.05, 4.69) is 15.3 Å². The number of ether oxygens (including phenoxy) is 1. The van der Waals surface area contributed by atoms with E-state index in [4.69, 9.17) is 9.84 Å². The van der Waals surface area contributed by atoms with Crippen molar-refractivity contribution in [2.24, 2.45) is 0 Å². The van der Waals surface area contributed by atoms with Crippen molar-refractivity contribution in [3.05, 3.63) is 42.2 Å². The maximum Gasteiger partial charge on any atom is 0.239 e. The van der Waals surface area contributed by atoms with E-state index in [1.807, 2.05) is 6.92 Å². The lowest BCUT2D eigenvalue weighted by Crippen LogP contribution is -2.00. The van der Waals surface area contributed by atoms with Crippen molar-refractivity contribution in [3.63, 3.8) is 0 Å². The Bertz CT molecular complexity index is 500. The van der Waals surface area contributed by atoms with Gasteiger partial charge in [-0.3, -0.25) is 4.98 Å². The van der Waals surface area contributed by atoms with Gasteiger partial charge in [-0.25, -0.2) is 0 Å². The van der Waals surface area contributed by atoms with E-state index in [1.165, 1.54) is 0 Å². The van der Waals surface area contributed by atoms with E-state index in [9.17, 15) is 0 Å². The van der Waals surface area contributed by atoms with Gasteiger partial charge in [-0.15, -0.1) is 0 Å². The van der Waals surface area contributed by atoms with Crippen molar-refractivity contribution in [3.8, 4) is 11.6 Å². The molecule has 5 nitrogen and oxygen atoms in total. The highest BCUT2D eigenvalue weighted by molar-refractivity contribution is 5.35. The van der Waals surface area contributed by atoms with Gasteiger partial charge in [0.2, 0.25) is 5.88 Å². The van der Waals surface area contributed by atoms with Gasteiger partial charge in [0.05, 0.1) is 19.0 Å². The highest BCUT2D eigenvalue weighted by Gasteiger charge is 2.01. The van der Waals surface area contributed by atoms with Crippen LogP contribution >= 0.6 is 0 Å². The molecule has 0 spiro atoms. The zero-order valence-corrected chi connectivity index (χ0v) is 10.1. The fraction of sp³-hybridized carbons (Fsp3) is 0.231. The van der Waals surface area contributed by atoms with E-state index in [1.54, 1.807) is 36.7 Å². The fourth-order valence-electron chi connectivity index (χ4n) is 1.45. The topological polar surface area (TPSA) is 67.3 Å². The molecule has 0 saturated heterocycles. The largest absolute Gasteiger partial charge is 0.437 e. The molecule has 0 amide bonds. The molecule has 1 aromatic heterocycles. The van der Waals surface area contributed by atoms with Gasteiger partial charge in [0.25, 0.3) is 0 Å². The number of aliphatic hydroxyl groups is 1. The molecule has 0 fully saturated rings. The Morgan fingerprint density at radius 2 is 2.00 bits per heavy atom. The molecule has 0 aliphatic carbocycles. The van der Waals surface area contributed by atoms with E-state index in [0.29, 0.717) is 17.4 Å². The molecule has 2 N–H and O–H groups in total. The predicted octanol–water partition coefficient (Wildman–Crippen LogP) is 2.19. The Morgan fingerprint density at radius 1 is 1.22 bits per heavy atom. The van der Waals surface area contributed by atoms with Crippen LogP contribution in [0.2, 0.25) is 0 Å². The highest BCUT2D eigenvalue weighted by atomic mass is 16.5. The molecule has 2 rings (SSSR count). The molecule has 5 heteroatoms. The second-order valence-corrected chi connectivity index (χ2v) is 3.68. The summed E-state index contributed by atoms with van der Waals surface area (Å²) in [7, 11) is 0. The third-order valence-electron chi connectivity index (χ3n) is 2.30. The number of anilines is 1. The average molecular weight is 245 g/mol. The summed E-state index contributed by atoms with van der Waals surface area (Å²) in [4.78, 5) is 8.30. The minimum absolute atomic E-state index is 0.0238. The summed E-state index contributed by atoms with van der Waals surface area (Å²) in [5, 5.41) is 12.0. The van der Waals surface area contributed by atoms with Gasteiger partial charge in [0.15, 0.2) is 0 Å². The first-order valence-corrected chi connectivity index (χ1v) is 5.75. The van der Waals surface area contributed by atoms with Crippen LogP contribution in [0, 0.1) is 0 Å². The molecule has 1 aromatic carbocycles. The lowest BCUT2D eigenvalue weighted by Gasteiger charge is -2.07. The van der Waals surface area contributed by atoms with Crippen LogP contribution < -0.4 is 10.1 Å². The predicted molar refractivity (Wildman–Crippen MR) is 68.6 cm³/mol. The maximum atomic E-state index is 8.94. The Kier molecular flexibility index (Phi) is 4.09. The van der Waals surface area contributed by atoms with Crippen LogP contribution in [0.4, 0.5) is 5.82 Å². The number of nitrogens with zero attached hydrogens (tertiary/aromatic N) is 2. The zero-order chi connectivity index (χ0) is 12.8. The first-order valence-electron chi connectivity index (χ1n) is 5.75. The Labute approximate surface area is 105 Å². The van der Waals surface area contributed by atoms with Crippen molar-refractivity contribution in [2.75, 3.05) is 11.9 Å². The third-order valence-corrected chi connectivity index (χ3v) is 2.30. The third kappa shape index (κ3) is 3.18. The molecular formula is C13H15N3O2. The normalized spacial score (nSPS) is 10.1. The number of hydrogen-bond acceptors (Lipinski definition) is 5. The molecule has 0 atom stereocenters. The molecule has 1 heterocycles. The number of nitrogens with one attached hydrogen (secondary N) is 1. The molecule has 2 aromatic rings. The number of hydrogen-bond donors (Lipinski definition) is 2. The Balaban J connectivity index is 2.09. The van der Waals surface area contributed by atoms with Gasteiger partial charge in [-0.05, 0) is 24.6 Å². The Morgan fingerprint density at radius 3 is 2.67 bits per heavy atom. The van der Waals surface area contributed by atoms with Gasteiger partial charge in [-0.1, -0.05) is 12.1 Å². The van der Waals surface area contributed by atoms with Crippen molar-refractivity contribution < 1.29 is 9.84 Å². The van der Waals surface area contributed by atoms with Crippen LogP contribution in [0.25, 0.3) is 0 Å². The summed E-state index contributed by atoms with van der Waals surface area (Å²) in [6.45, 7) is 2.79. The lowest BCUT2D eigenvalue weighted by molar-refractivity contribution is 0.281. The summed E-state index contributed by atoms with van der Waals surface area (Å²) in [5.74, 6) is 1.78. The minimum Gasteiger partial charge on any atom is -0.437 e. The highest BCUT2D eigenvalue weighted by Crippen LogP contribution is 2.20. The molecule has 0 saturated carbocycles. The first-order chi connectivity index (χ1) is 8.81. The van der Waals surface area contributed by atoms with Gasteiger partial charge >= 0.3 is 0 Å². The number of benzene rings is 1. The van der Waals surface area contributed by atoms with Crippen molar-refractivity contribution in [1.29, 1.82) is 0 Å². The van der Waals surface area contributed by atoms with E-state index >= 15 is 0 Å². The number of rotatable bonds is 5. The second kappa shape index (κ2) is 5.97. The smallest absolute Gasteiger partial charge is 0.239 e. The van der Waals surface area contributed by atoms with E-state index in [-0.39, 0.29) is 6.61 Å². The van der Waals surface area contributed by atoms with Crippen LogP contribution in [0.1, 0.15) is 12.5 Å². The van der Waals surface area contributed by atoms with Crippen LogP contribution in [0.15, 0.2) is 36.7 Å². The number of aliphatic hydroxyl groups excluding tert-OH is 1. The van der Waals surface area contributed by atoms with Crippen LogP contribution in [-0.2, 0) is 6.61 Å². The fourth-order valence-corrected chi connectivity index (χ4v) is 1.45. The summed E-state index contributed by atoms with van der Waals surface area (Å²) in [6.07, 6.45) is 3.20. The van der Waals surface area contributed by atoms with E-state index in [0.717, 1.165) is 12.1 Å². The molecule has 0 radical (unpaired) electrons. The first kappa shape index (κ1) is 12.3. The van der Waals surface area contributed by atoms with Gasteiger partial charge in [0, 0.05) is 6.54 Å². The molecule has 0 aliphatic rings. The van der Waals surface area contributed by atoms with Crippen molar-refractivity contribution in [1.82, 2.24) is 9.97 Å². The molecule has 94 valence electrons. The van der Waals surface area contributed by atoms with Gasteiger partial charge in [0.1, 0.15) is 11.6 Å². The molecule has 0 bridgehead atoms. The minimum atomic E-state index is 0.0238. The summed E-state index contributed by atoms with van der Waals surface area (Å²) in [6, 6.07) is 7.17. The summed E-state index contributed by atoms with van der Waals surface area (Å²) in [5.41, 5.74) is 0.842. The molecule has 0 aliphatic heterocycles. The van der Waals surface area contributed by atoms with Crippen LogP contribution in [-0.4, -0.2) is 21.6 Å². The average Bonchev–Trinajstić information content (AvgIpc) is 2.40. The van der Waals surface area contributed by atoms with Crippen LogP contribution in [0.3, 0.4) is 0 Å². The van der Waals surface area contributed by atoms with Crippen LogP contribution in [0.5, 0.6) is 11.6 Å². The lowest BCUT2D eigenvalue weighted by atomic mass is 10.2. The molecular weight excluding hydrogens is 230 g/mol. The molecule has 18 heavy (non-hydrogen) atoms. The Hall–Kier alpha value is -2.14. The second-order valence-electron chi connectivity index (χ2n) is 3.68. The summed E-state index contributed by atoms with van der Waals surface area (Å²) < 4.78 is 5.57. The van der Waals surface area contributed by atoms with Gasteiger partial charge < -0.3 is 15.2 Å². The quantitative estimate of drug-likeness (QED) is 0.845. The summed E-state index contributed by atoms with van der Waals surface area (Å²) >= 11 is 0. The standard InChI is InChI=1S/C13H15N3O2/c1-2-15-12-7-14-8-13(16-12)18-11-5-3-10(9-17)4-6-11/h3-8,17H,2,9H2,1H3,(H,15,16). The van der Waals surface area contributed by atoms with E-state index < -0.39 is 0 Å². The molecule has 0 unspecified atom stereocenters. The SMILES string of the molecule is CCNc1cncc(Oc2ccc(CO)cc2)n1. The van der Waals surface area contributed by atoms with Crippen molar-refractivity contribution >= 4 is 5.82 Å². The zero-order valence-electron chi connectivity index (χ0n) is 10.1. The number of aromatic nitrogens is 2. The van der Waals surface area contributed by atoms with Crippen molar-refractivity contribution in [2.45, 2.75) is 13.5 Å². The monoisotopic (exact) mass is 245 g/mol. The van der Waals surface area contributed by atoms with Gasteiger partial charge in [-0.2, -0.15) is 4.98 Å².